The van der Waals surface area contributed by atoms with Crippen LogP contribution in [0.4, 0.5) is 4.79 Å². The summed E-state index contributed by atoms with van der Waals surface area (Å²) in [7, 11) is 0. The lowest BCUT2D eigenvalue weighted by Crippen LogP contribution is -2.44. The van der Waals surface area contributed by atoms with Gasteiger partial charge >= 0.3 is 6.03 Å². The Hall–Kier alpha value is -2.02. The molecule has 1 N–H and O–H groups in total. The van der Waals surface area contributed by atoms with E-state index < -0.39 is 0 Å². The van der Waals surface area contributed by atoms with Crippen LogP contribution in [0.25, 0.3) is 0 Å². The largest absolute Gasteiger partial charge is 0.334 e. The smallest absolute Gasteiger partial charge is 0.317 e. The molecule has 0 heterocycles. The number of benzene rings is 1. The monoisotopic (exact) mass is 245 g/mol. The molecule has 0 atom stereocenters. The van der Waals surface area contributed by atoms with Gasteiger partial charge in [-0.1, -0.05) is 30.3 Å². The first-order valence-corrected chi connectivity index (χ1v) is 6.10. The van der Waals surface area contributed by atoms with Gasteiger partial charge in [-0.05, 0) is 19.4 Å². The van der Waals surface area contributed by atoms with Crippen molar-refractivity contribution in [1.82, 2.24) is 10.2 Å². The summed E-state index contributed by atoms with van der Waals surface area (Å²) in [4.78, 5) is 13.6. The maximum atomic E-state index is 12.0. The van der Waals surface area contributed by atoms with Crippen molar-refractivity contribution in [3.05, 3.63) is 35.9 Å². The molecular formula is C14H19N3O. The number of urea groups is 1. The highest BCUT2D eigenvalue weighted by Crippen LogP contribution is 2.02. The number of carbonyl (C=O) groups is 1. The van der Waals surface area contributed by atoms with Gasteiger partial charge in [-0.3, -0.25) is 0 Å². The number of rotatable bonds is 5. The molecule has 0 aliphatic carbocycles. The lowest BCUT2D eigenvalue weighted by molar-refractivity contribution is 0.184. The Labute approximate surface area is 108 Å². The molecule has 0 spiro atoms. The molecular weight excluding hydrogens is 226 g/mol. The molecule has 0 unspecified atom stereocenters. The first-order chi connectivity index (χ1) is 8.65. The molecule has 0 bridgehead atoms. The summed E-state index contributed by atoms with van der Waals surface area (Å²) in [6, 6.07) is 11.8. The van der Waals surface area contributed by atoms with Crippen LogP contribution in [0.3, 0.4) is 0 Å². The van der Waals surface area contributed by atoms with Crippen molar-refractivity contribution >= 4 is 6.03 Å². The highest BCUT2D eigenvalue weighted by Gasteiger charge is 2.15. The van der Waals surface area contributed by atoms with Crippen LogP contribution in [-0.2, 0) is 6.54 Å². The third-order valence-corrected chi connectivity index (χ3v) is 2.64. The van der Waals surface area contributed by atoms with E-state index in [-0.39, 0.29) is 12.1 Å². The Bertz CT molecular complexity index is 409. The molecule has 0 fully saturated rings. The highest BCUT2D eigenvalue weighted by atomic mass is 16.2. The number of hydrogen-bond donors (Lipinski definition) is 1. The Morgan fingerprint density at radius 1 is 1.39 bits per heavy atom. The second-order valence-electron chi connectivity index (χ2n) is 4.34. The maximum Gasteiger partial charge on any atom is 0.317 e. The summed E-state index contributed by atoms with van der Waals surface area (Å²) in [6.07, 6.45) is 0.358. The molecule has 4 nitrogen and oxygen atoms in total. The molecule has 0 aliphatic rings. The maximum absolute atomic E-state index is 12.0. The summed E-state index contributed by atoms with van der Waals surface area (Å²) in [6.45, 7) is 4.86. The van der Waals surface area contributed by atoms with Crippen LogP contribution in [0, 0.1) is 11.3 Å². The fraction of sp³-hybridized carbons (Fsp3) is 0.429. The van der Waals surface area contributed by atoms with Crippen molar-refractivity contribution in [3.8, 4) is 6.07 Å². The molecule has 0 radical (unpaired) electrons. The SMILES string of the molecule is CC(C)N(CCC#N)C(=O)NCc1ccccc1. The van der Waals surface area contributed by atoms with Gasteiger partial charge in [-0.2, -0.15) is 5.26 Å². The average molecular weight is 245 g/mol. The van der Waals surface area contributed by atoms with Crippen LogP contribution < -0.4 is 5.32 Å². The Kier molecular flexibility index (Phi) is 5.72. The van der Waals surface area contributed by atoms with Gasteiger partial charge in [0, 0.05) is 19.1 Å². The quantitative estimate of drug-likeness (QED) is 0.866. The topological polar surface area (TPSA) is 56.1 Å². The summed E-state index contributed by atoms with van der Waals surface area (Å²) in [5.41, 5.74) is 1.06. The molecule has 0 aliphatic heterocycles. The van der Waals surface area contributed by atoms with Crippen molar-refractivity contribution in [3.63, 3.8) is 0 Å². The third kappa shape index (κ3) is 4.46. The van der Waals surface area contributed by atoms with E-state index in [9.17, 15) is 4.79 Å². The Morgan fingerprint density at radius 3 is 2.61 bits per heavy atom. The fourth-order valence-electron chi connectivity index (χ4n) is 1.64. The Balaban J connectivity index is 2.49. The zero-order valence-corrected chi connectivity index (χ0v) is 10.9. The first kappa shape index (κ1) is 14.0. The van der Waals surface area contributed by atoms with Crippen LogP contribution in [0.15, 0.2) is 30.3 Å². The van der Waals surface area contributed by atoms with E-state index >= 15 is 0 Å². The van der Waals surface area contributed by atoms with Crippen LogP contribution in [0.1, 0.15) is 25.8 Å². The standard InChI is InChI=1S/C14H19N3O/c1-12(2)17(10-6-9-15)14(18)16-11-13-7-4-3-5-8-13/h3-5,7-8,12H,6,10-11H2,1-2H3,(H,16,18). The predicted molar refractivity (Wildman–Crippen MR) is 70.7 cm³/mol. The van der Waals surface area contributed by atoms with Crippen LogP contribution in [0.2, 0.25) is 0 Å². The van der Waals surface area contributed by atoms with E-state index in [4.69, 9.17) is 5.26 Å². The molecule has 96 valence electrons. The highest BCUT2D eigenvalue weighted by molar-refractivity contribution is 5.74. The third-order valence-electron chi connectivity index (χ3n) is 2.64. The molecule has 0 aromatic heterocycles. The van der Waals surface area contributed by atoms with E-state index in [1.54, 1.807) is 4.90 Å². The van der Waals surface area contributed by atoms with Gasteiger partial charge in [0.15, 0.2) is 0 Å². The van der Waals surface area contributed by atoms with Gasteiger partial charge in [0.05, 0.1) is 12.5 Å². The van der Waals surface area contributed by atoms with E-state index in [0.717, 1.165) is 5.56 Å². The van der Waals surface area contributed by atoms with E-state index in [2.05, 4.69) is 11.4 Å². The number of hydrogen-bond acceptors (Lipinski definition) is 2. The van der Waals surface area contributed by atoms with E-state index in [0.29, 0.717) is 19.5 Å². The van der Waals surface area contributed by atoms with E-state index in [1.165, 1.54) is 0 Å². The molecule has 1 aromatic rings. The minimum Gasteiger partial charge on any atom is -0.334 e. The molecule has 0 saturated heterocycles. The van der Waals surface area contributed by atoms with E-state index in [1.807, 2.05) is 44.2 Å². The van der Waals surface area contributed by atoms with Crippen LogP contribution >= 0.6 is 0 Å². The second kappa shape index (κ2) is 7.33. The van der Waals surface area contributed by atoms with Crippen molar-refractivity contribution in [2.24, 2.45) is 0 Å². The lowest BCUT2D eigenvalue weighted by Gasteiger charge is -2.26. The van der Waals surface area contributed by atoms with Gasteiger partial charge in [0.25, 0.3) is 0 Å². The fourth-order valence-corrected chi connectivity index (χ4v) is 1.64. The molecule has 2 amide bonds. The molecule has 1 aromatic carbocycles. The van der Waals surface area contributed by atoms with Gasteiger partial charge in [-0.15, -0.1) is 0 Å². The van der Waals surface area contributed by atoms with Crippen molar-refractivity contribution in [2.75, 3.05) is 6.54 Å². The van der Waals surface area contributed by atoms with Gasteiger partial charge in [0.2, 0.25) is 0 Å². The van der Waals surface area contributed by atoms with Gasteiger partial charge in [-0.25, -0.2) is 4.79 Å². The van der Waals surface area contributed by atoms with Crippen molar-refractivity contribution in [2.45, 2.75) is 32.9 Å². The zero-order valence-electron chi connectivity index (χ0n) is 10.9. The number of nitrogens with one attached hydrogen (secondary N) is 1. The predicted octanol–water partition coefficient (Wildman–Crippen LogP) is 2.52. The minimum absolute atomic E-state index is 0.0918. The van der Waals surface area contributed by atoms with Crippen LogP contribution in [-0.4, -0.2) is 23.5 Å². The van der Waals surface area contributed by atoms with Crippen molar-refractivity contribution < 1.29 is 4.79 Å². The van der Waals surface area contributed by atoms with Crippen LogP contribution in [0.5, 0.6) is 0 Å². The summed E-state index contributed by atoms with van der Waals surface area (Å²) < 4.78 is 0. The molecule has 18 heavy (non-hydrogen) atoms. The number of nitriles is 1. The number of carbonyl (C=O) groups excluding carboxylic acids is 1. The Morgan fingerprint density at radius 2 is 2.06 bits per heavy atom. The normalized spacial score (nSPS) is 9.89. The summed E-state index contributed by atoms with van der Waals surface area (Å²) >= 11 is 0. The number of nitrogens with zero attached hydrogens (tertiary/aromatic N) is 2. The second-order valence-corrected chi connectivity index (χ2v) is 4.34. The average Bonchev–Trinajstić information content (AvgIpc) is 2.37. The molecule has 4 heteroatoms. The molecule has 1 rings (SSSR count). The first-order valence-electron chi connectivity index (χ1n) is 6.10. The van der Waals surface area contributed by atoms with Gasteiger partial charge < -0.3 is 10.2 Å². The minimum atomic E-state index is -0.121. The molecule has 0 saturated carbocycles. The summed E-state index contributed by atoms with van der Waals surface area (Å²) in [5, 5.41) is 11.4. The zero-order chi connectivity index (χ0) is 13.4. The van der Waals surface area contributed by atoms with Crippen molar-refractivity contribution in [1.29, 1.82) is 5.26 Å². The lowest BCUT2D eigenvalue weighted by atomic mass is 10.2. The summed E-state index contributed by atoms with van der Waals surface area (Å²) in [5.74, 6) is 0. The number of amides is 2. The van der Waals surface area contributed by atoms with Gasteiger partial charge in [0.1, 0.15) is 0 Å².